The second kappa shape index (κ2) is 5.12. The van der Waals surface area contributed by atoms with E-state index in [1.165, 1.54) is 0 Å². The maximum absolute atomic E-state index is 10.2. The first-order valence-corrected chi connectivity index (χ1v) is 6.76. The molecule has 0 aromatic heterocycles. The summed E-state index contributed by atoms with van der Waals surface area (Å²) in [5.74, 6) is 0.236. The Bertz CT molecular complexity index is 350. The van der Waals surface area contributed by atoms with E-state index < -0.39 is 6.10 Å². The molecule has 1 aromatic carbocycles. The van der Waals surface area contributed by atoms with Crippen molar-refractivity contribution in [3.63, 3.8) is 0 Å². The average molecular weight is 383 g/mol. The highest BCUT2D eigenvalue weighted by molar-refractivity contribution is 14.1. The highest BCUT2D eigenvalue weighted by Gasteiger charge is 2.26. The highest BCUT2D eigenvalue weighted by atomic mass is 127. The molecule has 82 valence electrons. The Morgan fingerprint density at radius 2 is 2.33 bits per heavy atom. The lowest BCUT2D eigenvalue weighted by Crippen LogP contribution is -2.13. The van der Waals surface area contributed by atoms with Gasteiger partial charge in [-0.3, -0.25) is 0 Å². The fraction of sp³-hybridized carbons (Fsp3) is 0.455. The first-order chi connectivity index (χ1) is 7.18. The minimum Gasteiger partial charge on any atom is -0.388 e. The van der Waals surface area contributed by atoms with Gasteiger partial charge >= 0.3 is 0 Å². The van der Waals surface area contributed by atoms with E-state index in [9.17, 15) is 5.11 Å². The van der Waals surface area contributed by atoms with Crippen molar-refractivity contribution in [3.8, 4) is 0 Å². The summed E-state index contributed by atoms with van der Waals surface area (Å²) >= 11 is 5.73. The lowest BCUT2D eigenvalue weighted by molar-refractivity contribution is 0.0912. The first-order valence-electron chi connectivity index (χ1n) is 4.89. The SMILES string of the molecule is OC(c1cc(I)ccc1Br)C1CCOC1. The molecule has 4 heteroatoms. The van der Waals surface area contributed by atoms with Crippen LogP contribution in [0.5, 0.6) is 0 Å². The van der Waals surface area contributed by atoms with E-state index in [1.807, 2.05) is 18.2 Å². The van der Waals surface area contributed by atoms with E-state index in [-0.39, 0.29) is 5.92 Å². The molecule has 1 N–H and O–H groups in total. The van der Waals surface area contributed by atoms with Crippen LogP contribution in [0.15, 0.2) is 22.7 Å². The number of aliphatic hydroxyl groups excluding tert-OH is 1. The zero-order valence-corrected chi connectivity index (χ0v) is 11.9. The van der Waals surface area contributed by atoms with Crippen LogP contribution in [0.3, 0.4) is 0 Å². The van der Waals surface area contributed by atoms with Crippen LogP contribution in [0, 0.1) is 9.49 Å². The van der Waals surface area contributed by atoms with Gasteiger partial charge in [-0.1, -0.05) is 15.9 Å². The van der Waals surface area contributed by atoms with Gasteiger partial charge in [-0.05, 0) is 52.8 Å². The monoisotopic (exact) mass is 382 g/mol. The molecule has 2 rings (SSSR count). The average Bonchev–Trinajstić information content (AvgIpc) is 2.74. The van der Waals surface area contributed by atoms with Crippen molar-refractivity contribution in [2.24, 2.45) is 5.92 Å². The quantitative estimate of drug-likeness (QED) is 0.796. The Morgan fingerprint density at radius 3 is 3.00 bits per heavy atom. The molecule has 1 fully saturated rings. The van der Waals surface area contributed by atoms with E-state index in [0.29, 0.717) is 6.61 Å². The molecule has 2 atom stereocenters. The summed E-state index contributed by atoms with van der Waals surface area (Å²) in [4.78, 5) is 0. The summed E-state index contributed by atoms with van der Waals surface area (Å²) in [5, 5.41) is 10.2. The molecule has 0 aliphatic carbocycles. The lowest BCUT2D eigenvalue weighted by Gasteiger charge is -2.18. The van der Waals surface area contributed by atoms with E-state index in [2.05, 4.69) is 38.5 Å². The molecule has 1 heterocycles. The Hall–Kier alpha value is 0.350. The minimum absolute atomic E-state index is 0.236. The fourth-order valence-electron chi connectivity index (χ4n) is 1.80. The standard InChI is InChI=1S/C11H12BrIO2/c12-10-2-1-8(13)5-9(10)11(14)7-3-4-15-6-7/h1-2,5,7,11,14H,3-4,6H2. The second-order valence-electron chi connectivity index (χ2n) is 3.73. The number of benzene rings is 1. The smallest absolute Gasteiger partial charge is 0.0852 e. The zero-order chi connectivity index (χ0) is 10.8. The number of hydrogen-bond donors (Lipinski definition) is 1. The first kappa shape index (κ1) is 11.8. The molecule has 0 saturated carbocycles. The molecule has 1 aliphatic heterocycles. The van der Waals surface area contributed by atoms with E-state index >= 15 is 0 Å². The van der Waals surface area contributed by atoms with Gasteiger partial charge in [-0.25, -0.2) is 0 Å². The molecule has 1 aliphatic rings. The third-order valence-electron chi connectivity index (χ3n) is 2.69. The van der Waals surface area contributed by atoms with Crippen molar-refractivity contribution in [1.29, 1.82) is 0 Å². The van der Waals surface area contributed by atoms with Gasteiger partial charge in [0.1, 0.15) is 0 Å². The lowest BCUT2D eigenvalue weighted by atomic mass is 9.95. The van der Waals surface area contributed by atoms with E-state index in [0.717, 1.165) is 26.6 Å². The van der Waals surface area contributed by atoms with Crippen LogP contribution in [0.25, 0.3) is 0 Å². The van der Waals surface area contributed by atoms with Crippen molar-refractivity contribution >= 4 is 38.5 Å². The van der Waals surface area contributed by atoms with Crippen molar-refractivity contribution in [2.45, 2.75) is 12.5 Å². The molecule has 15 heavy (non-hydrogen) atoms. The molecular formula is C11H12BrIO2. The number of rotatable bonds is 2. The highest BCUT2D eigenvalue weighted by Crippen LogP contribution is 2.33. The second-order valence-corrected chi connectivity index (χ2v) is 5.83. The maximum Gasteiger partial charge on any atom is 0.0852 e. The normalized spacial score (nSPS) is 23.0. The third-order valence-corrected chi connectivity index (χ3v) is 4.08. The maximum atomic E-state index is 10.2. The van der Waals surface area contributed by atoms with Gasteiger partial charge in [0, 0.05) is 20.6 Å². The predicted octanol–water partition coefficient (Wildman–Crippen LogP) is 3.12. The van der Waals surface area contributed by atoms with Gasteiger partial charge in [-0.15, -0.1) is 0 Å². The van der Waals surface area contributed by atoms with Crippen LogP contribution in [-0.4, -0.2) is 18.3 Å². The number of hydrogen-bond acceptors (Lipinski definition) is 2. The van der Waals surface area contributed by atoms with Crippen LogP contribution in [0.2, 0.25) is 0 Å². The van der Waals surface area contributed by atoms with Gasteiger partial charge in [0.2, 0.25) is 0 Å². The van der Waals surface area contributed by atoms with Crippen molar-refractivity contribution in [3.05, 3.63) is 31.8 Å². The molecule has 2 nitrogen and oxygen atoms in total. The van der Waals surface area contributed by atoms with Gasteiger partial charge in [-0.2, -0.15) is 0 Å². The largest absolute Gasteiger partial charge is 0.388 e. The summed E-state index contributed by atoms with van der Waals surface area (Å²) in [7, 11) is 0. The van der Waals surface area contributed by atoms with Crippen LogP contribution in [0.1, 0.15) is 18.1 Å². The van der Waals surface area contributed by atoms with Crippen LogP contribution >= 0.6 is 38.5 Å². The number of aliphatic hydroxyl groups is 1. The fourth-order valence-corrected chi connectivity index (χ4v) is 2.79. The van der Waals surface area contributed by atoms with Gasteiger partial charge in [0.05, 0.1) is 12.7 Å². The molecule has 0 amide bonds. The molecule has 0 radical (unpaired) electrons. The summed E-state index contributed by atoms with van der Waals surface area (Å²) in [5.41, 5.74) is 0.970. The molecular weight excluding hydrogens is 371 g/mol. The van der Waals surface area contributed by atoms with E-state index in [4.69, 9.17) is 4.74 Å². The summed E-state index contributed by atoms with van der Waals surface area (Å²) < 4.78 is 7.41. The van der Waals surface area contributed by atoms with E-state index in [1.54, 1.807) is 0 Å². The molecule has 1 saturated heterocycles. The summed E-state index contributed by atoms with van der Waals surface area (Å²) in [6.45, 7) is 1.43. The van der Waals surface area contributed by atoms with Crippen molar-refractivity contribution in [1.82, 2.24) is 0 Å². The van der Waals surface area contributed by atoms with Crippen LogP contribution in [0.4, 0.5) is 0 Å². The minimum atomic E-state index is -0.420. The Kier molecular flexibility index (Phi) is 4.04. The topological polar surface area (TPSA) is 29.5 Å². The van der Waals surface area contributed by atoms with Gasteiger partial charge < -0.3 is 9.84 Å². The van der Waals surface area contributed by atoms with Gasteiger partial charge in [0.15, 0.2) is 0 Å². The van der Waals surface area contributed by atoms with Crippen LogP contribution in [-0.2, 0) is 4.74 Å². The zero-order valence-electron chi connectivity index (χ0n) is 8.12. The predicted molar refractivity (Wildman–Crippen MR) is 70.7 cm³/mol. The van der Waals surface area contributed by atoms with Gasteiger partial charge in [0.25, 0.3) is 0 Å². The molecule has 0 spiro atoms. The number of ether oxygens (including phenoxy) is 1. The third kappa shape index (κ3) is 2.72. The molecule has 0 bridgehead atoms. The van der Waals surface area contributed by atoms with Crippen LogP contribution < -0.4 is 0 Å². The number of halogens is 2. The Labute approximate surface area is 111 Å². The Morgan fingerprint density at radius 1 is 1.53 bits per heavy atom. The Balaban J connectivity index is 2.23. The van der Waals surface area contributed by atoms with Crippen molar-refractivity contribution < 1.29 is 9.84 Å². The van der Waals surface area contributed by atoms with Crippen molar-refractivity contribution in [2.75, 3.05) is 13.2 Å². The molecule has 2 unspecified atom stereocenters. The molecule has 1 aromatic rings. The summed E-state index contributed by atoms with van der Waals surface area (Å²) in [6.07, 6.45) is 0.524. The summed E-state index contributed by atoms with van der Waals surface area (Å²) in [6, 6.07) is 6.02.